The summed E-state index contributed by atoms with van der Waals surface area (Å²) in [7, 11) is 0. The Balaban J connectivity index is 2.26. The van der Waals surface area contributed by atoms with E-state index in [-0.39, 0.29) is 5.92 Å². The molecule has 0 amide bonds. The minimum Gasteiger partial charge on any atom is -0.294 e. The van der Waals surface area contributed by atoms with Crippen molar-refractivity contribution >= 4 is 27.8 Å². The number of carbonyl (C=O) groups is 1. The van der Waals surface area contributed by atoms with E-state index in [2.05, 4.69) is 15.9 Å². The van der Waals surface area contributed by atoms with Crippen LogP contribution in [-0.4, -0.2) is 5.78 Å². The van der Waals surface area contributed by atoms with Gasteiger partial charge >= 0.3 is 0 Å². The van der Waals surface area contributed by atoms with Gasteiger partial charge in [-0.05, 0) is 48.6 Å². The van der Waals surface area contributed by atoms with Crippen molar-refractivity contribution in [3.05, 3.63) is 39.9 Å². The molecule has 0 heterocycles. The molecule has 0 aromatic heterocycles. The first-order valence-electron chi connectivity index (χ1n) is 5.67. The highest BCUT2D eigenvalue weighted by molar-refractivity contribution is 9.10. The SMILES string of the molecule is CC1CCCC(=Cc2cccc(Br)c2)C1=O. The molecule has 0 N–H and O–H groups in total. The highest BCUT2D eigenvalue weighted by atomic mass is 79.9. The normalized spacial score (nSPS) is 23.8. The van der Waals surface area contributed by atoms with Crippen LogP contribution in [0.25, 0.3) is 6.08 Å². The molecule has 2 rings (SSSR count). The molecule has 0 bridgehead atoms. The molecule has 1 nitrogen and oxygen atoms in total. The molecule has 16 heavy (non-hydrogen) atoms. The van der Waals surface area contributed by atoms with Gasteiger partial charge in [-0.1, -0.05) is 35.0 Å². The zero-order valence-electron chi connectivity index (χ0n) is 9.37. The number of carbonyl (C=O) groups excluding carboxylic acids is 1. The van der Waals surface area contributed by atoms with E-state index in [1.165, 1.54) is 0 Å². The Labute approximate surface area is 105 Å². The van der Waals surface area contributed by atoms with Crippen molar-refractivity contribution in [3.8, 4) is 0 Å². The van der Waals surface area contributed by atoms with Crippen molar-refractivity contribution in [1.29, 1.82) is 0 Å². The maximum absolute atomic E-state index is 11.9. The molecule has 1 saturated carbocycles. The van der Waals surface area contributed by atoms with Crippen LogP contribution in [0.4, 0.5) is 0 Å². The number of hydrogen-bond donors (Lipinski definition) is 0. The van der Waals surface area contributed by atoms with Gasteiger partial charge in [-0.15, -0.1) is 0 Å². The lowest BCUT2D eigenvalue weighted by molar-refractivity contribution is -0.119. The fourth-order valence-corrected chi connectivity index (χ4v) is 2.53. The van der Waals surface area contributed by atoms with Crippen LogP contribution in [-0.2, 0) is 4.79 Å². The summed E-state index contributed by atoms with van der Waals surface area (Å²) < 4.78 is 1.05. The first-order valence-corrected chi connectivity index (χ1v) is 6.46. The molecule has 1 atom stereocenters. The topological polar surface area (TPSA) is 17.1 Å². The number of benzene rings is 1. The largest absolute Gasteiger partial charge is 0.294 e. The Hall–Kier alpha value is -0.890. The summed E-state index contributed by atoms with van der Waals surface area (Å²) in [4.78, 5) is 11.9. The summed E-state index contributed by atoms with van der Waals surface area (Å²) in [6, 6.07) is 8.06. The van der Waals surface area contributed by atoms with Crippen molar-refractivity contribution in [2.24, 2.45) is 5.92 Å². The van der Waals surface area contributed by atoms with E-state index in [0.717, 1.165) is 34.9 Å². The minimum atomic E-state index is 0.201. The van der Waals surface area contributed by atoms with E-state index in [1.807, 2.05) is 37.3 Å². The number of ketones is 1. The molecule has 1 aromatic rings. The molecule has 0 saturated heterocycles. The second-order valence-electron chi connectivity index (χ2n) is 4.38. The zero-order chi connectivity index (χ0) is 11.5. The van der Waals surface area contributed by atoms with Crippen molar-refractivity contribution < 1.29 is 4.79 Å². The van der Waals surface area contributed by atoms with Crippen LogP contribution in [0.1, 0.15) is 31.7 Å². The van der Waals surface area contributed by atoms with Gasteiger partial charge in [-0.3, -0.25) is 4.79 Å². The van der Waals surface area contributed by atoms with E-state index >= 15 is 0 Å². The summed E-state index contributed by atoms with van der Waals surface area (Å²) in [5.41, 5.74) is 2.09. The van der Waals surface area contributed by atoms with Gasteiger partial charge in [0, 0.05) is 10.4 Å². The summed E-state index contributed by atoms with van der Waals surface area (Å²) in [6.07, 6.45) is 5.12. The number of allylic oxidation sites excluding steroid dienone is 1. The molecule has 1 fully saturated rings. The smallest absolute Gasteiger partial charge is 0.161 e. The van der Waals surface area contributed by atoms with Gasteiger partial charge < -0.3 is 0 Å². The molecule has 0 aliphatic heterocycles. The molecule has 1 aromatic carbocycles. The molecular weight excluding hydrogens is 264 g/mol. The highest BCUT2D eigenvalue weighted by Crippen LogP contribution is 2.26. The average molecular weight is 279 g/mol. The molecule has 1 unspecified atom stereocenters. The predicted molar refractivity (Wildman–Crippen MR) is 70.1 cm³/mol. The summed E-state index contributed by atoms with van der Waals surface area (Å²) in [5, 5.41) is 0. The monoisotopic (exact) mass is 278 g/mol. The lowest BCUT2D eigenvalue weighted by Crippen LogP contribution is -2.18. The van der Waals surface area contributed by atoms with Crippen molar-refractivity contribution in [2.45, 2.75) is 26.2 Å². The van der Waals surface area contributed by atoms with Crippen LogP contribution in [0.3, 0.4) is 0 Å². The summed E-state index contributed by atoms with van der Waals surface area (Å²) in [6.45, 7) is 2.02. The van der Waals surface area contributed by atoms with Crippen LogP contribution < -0.4 is 0 Å². The predicted octanol–water partition coefficient (Wildman–Crippen LogP) is 4.22. The Kier molecular flexibility index (Phi) is 3.59. The van der Waals surface area contributed by atoms with Crippen LogP contribution in [0.2, 0.25) is 0 Å². The van der Waals surface area contributed by atoms with E-state index in [9.17, 15) is 4.79 Å². The maximum Gasteiger partial charge on any atom is 0.161 e. The number of rotatable bonds is 1. The van der Waals surface area contributed by atoms with Crippen LogP contribution in [0, 0.1) is 5.92 Å². The third kappa shape index (κ3) is 2.62. The molecule has 1 aliphatic rings. The van der Waals surface area contributed by atoms with E-state index in [4.69, 9.17) is 0 Å². The number of halogens is 1. The standard InChI is InChI=1S/C14H15BrO/c1-10-4-2-6-12(14(10)16)8-11-5-3-7-13(15)9-11/h3,5,7-10H,2,4,6H2,1H3. The Morgan fingerprint density at radius 2 is 2.25 bits per heavy atom. The Morgan fingerprint density at radius 3 is 3.00 bits per heavy atom. The zero-order valence-corrected chi connectivity index (χ0v) is 11.0. The second kappa shape index (κ2) is 4.96. The minimum absolute atomic E-state index is 0.201. The number of hydrogen-bond acceptors (Lipinski definition) is 1. The van der Waals surface area contributed by atoms with Crippen LogP contribution in [0.5, 0.6) is 0 Å². The van der Waals surface area contributed by atoms with Gasteiger partial charge in [0.2, 0.25) is 0 Å². The lowest BCUT2D eigenvalue weighted by atomic mass is 9.84. The van der Waals surface area contributed by atoms with Gasteiger partial charge in [-0.25, -0.2) is 0 Å². The molecule has 1 aliphatic carbocycles. The van der Waals surface area contributed by atoms with Gasteiger partial charge in [0.1, 0.15) is 0 Å². The summed E-state index contributed by atoms with van der Waals surface area (Å²) >= 11 is 3.44. The van der Waals surface area contributed by atoms with Crippen molar-refractivity contribution in [2.75, 3.05) is 0 Å². The highest BCUT2D eigenvalue weighted by Gasteiger charge is 2.22. The third-order valence-electron chi connectivity index (χ3n) is 3.04. The van der Waals surface area contributed by atoms with Crippen LogP contribution >= 0.6 is 15.9 Å². The summed E-state index contributed by atoms with van der Waals surface area (Å²) in [5.74, 6) is 0.526. The quantitative estimate of drug-likeness (QED) is 0.703. The van der Waals surface area contributed by atoms with Gasteiger partial charge in [-0.2, -0.15) is 0 Å². The molecule has 84 valence electrons. The van der Waals surface area contributed by atoms with E-state index in [0.29, 0.717) is 5.78 Å². The second-order valence-corrected chi connectivity index (χ2v) is 5.30. The van der Waals surface area contributed by atoms with Gasteiger partial charge in [0.15, 0.2) is 5.78 Å². The van der Waals surface area contributed by atoms with Crippen molar-refractivity contribution in [3.63, 3.8) is 0 Å². The Morgan fingerprint density at radius 1 is 1.44 bits per heavy atom. The lowest BCUT2D eigenvalue weighted by Gasteiger charge is -2.19. The maximum atomic E-state index is 11.9. The third-order valence-corrected chi connectivity index (χ3v) is 3.53. The average Bonchev–Trinajstić information content (AvgIpc) is 2.25. The van der Waals surface area contributed by atoms with E-state index < -0.39 is 0 Å². The molecule has 2 heteroatoms. The molecule has 0 radical (unpaired) electrons. The first-order chi connectivity index (χ1) is 7.66. The van der Waals surface area contributed by atoms with Gasteiger partial charge in [0.05, 0.1) is 0 Å². The first kappa shape index (κ1) is 11.6. The van der Waals surface area contributed by atoms with Gasteiger partial charge in [0.25, 0.3) is 0 Å². The molecular formula is C14H15BrO. The fraction of sp³-hybridized carbons (Fsp3) is 0.357. The molecule has 0 spiro atoms. The van der Waals surface area contributed by atoms with E-state index in [1.54, 1.807) is 0 Å². The van der Waals surface area contributed by atoms with Crippen LogP contribution in [0.15, 0.2) is 34.3 Å². The number of Topliss-reactive ketones (excluding diaryl/α,β-unsaturated/α-hetero) is 1. The fourth-order valence-electron chi connectivity index (χ4n) is 2.11. The van der Waals surface area contributed by atoms with Crippen molar-refractivity contribution in [1.82, 2.24) is 0 Å². The Bertz CT molecular complexity index is 434.